The number of halogens is 3. The molecule has 4 aromatic rings. The molecular formula is C42H57Cl3O9SiTi. The molecule has 0 aliphatic rings. The number of rotatable bonds is 13. The normalized spacial score (nSPS) is 10.6. The van der Waals surface area contributed by atoms with Crippen molar-refractivity contribution in [1.29, 1.82) is 0 Å². The smallest absolute Gasteiger partial charge is 1.00 e. The minimum atomic E-state index is -4.09. The first-order valence-corrected chi connectivity index (χ1v) is 19.3. The fraction of sp³-hybridized carbons (Fsp3) is 0.452. The van der Waals surface area contributed by atoms with Crippen LogP contribution in [0, 0.1) is 69.2 Å². The van der Waals surface area contributed by atoms with Crippen LogP contribution in [0.4, 0.5) is 0 Å². The van der Waals surface area contributed by atoms with Crippen LogP contribution in [0.3, 0.4) is 0 Å². The summed E-state index contributed by atoms with van der Waals surface area (Å²) >= 11 is 0. The zero-order chi connectivity index (χ0) is 39.1. The molecular weight excluding hydrogens is 831 g/mol. The second-order valence-corrected chi connectivity index (χ2v) is 16.8. The molecule has 0 aliphatic carbocycles. The summed E-state index contributed by atoms with van der Waals surface area (Å²) in [5, 5.41) is 3.40. The van der Waals surface area contributed by atoms with Crippen molar-refractivity contribution in [3.63, 3.8) is 0 Å². The van der Waals surface area contributed by atoms with E-state index in [2.05, 4.69) is 27.7 Å². The summed E-state index contributed by atoms with van der Waals surface area (Å²) in [4.78, 5) is 0. The molecule has 0 bridgehead atoms. The maximum Gasteiger partial charge on any atom is 4.00 e. The fourth-order valence-electron chi connectivity index (χ4n) is 8.39. The van der Waals surface area contributed by atoms with Gasteiger partial charge in [0.2, 0.25) is 0 Å². The van der Waals surface area contributed by atoms with Gasteiger partial charge in [-0.15, -0.1) is 0 Å². The average Bonchev–Trinajstić information content (AvgIpc) is 3.33. The molecule has 0 spiro atoms. The number of benzene rings is 3. The number of hydrogen-bond donors (Lipinski definition) is 0. The van der Waals surface area contributed by atoms with Crippen molar-refractivity contribution in [3.05, 3.63) is 55.6 Å². The number of hydrogen-bond acceptors (Lipinski definition) is 9. The molecule has 0 heterocycles. The van der Waals surface area contributed by atoms with Crippen LogP contribution in [-0.2, 0) is 21.7 Å². The number of methoxy groups -OCH3 is 9. The molecule has 0 aromatic heterocycles. The topological polar surface area (TPSA) is 83.1 Å². The van der Waals surface area contributed by atoms with Gasteiger partial charge in [0, 0.05) is 32.3 Å². The predicted molar refractivity (Wildman–Crippen MR) is 212 cm³/mol. The maximum atomic E-state index is 6.57. The Bertz CT molecular complexity index is 1840. The van der Waals surface area contributed by atoms with Crippen LogP contribution < -0.4 is 101 Å². The van der Waals surface area contributed by atoms with Gasteiger partial charge >= 0.3 is 21.7 Å². The summed E-state index contributed by atoms with van der Waals surface area (Å²) < 4.78 is 58.1. The third kappa shape index (κ3) is 7.43. The maximum absolute atomic E-state index is 6.57. The van der Waals surface area contributed by atoms with Crippen LogP contribution in [0.15, 0.2) is 0 Å². The summed E-state index contributed by atoms with van der Waals surface area (Å²) in [5.41, 5.74) is 9.88. The zero-order valence-electron chi connectivity index (χ0n) is 36.3. The first kappa shape index (κ1) is 53.0. The van der Waals surface area contributed by atoms with Crippen molar-refractivity contribution in [2.24, 2.45) is 0 Å². The minimum Gasteiger partial charge on any atom is -1.00 e. The van der Waals surface area contributed by atoms with Crippen molar-refractivity contribution in [2.75, 3.05) is 64.0 Å². The van der Waals surface area contributed by atoms with E-state index in [1.54, 1.807) is 64.0 Å². The molecule has 0 unspecified atom stereocenters. The minimum absolute atomic E-state index is 0. The SMILES string of the molecule is COc1c(C)c(C)c(OC)c([Si](c2c(OC)c(C)c(C)c(OC)c2OC)(c2c(OC)c(C)c(C)c(OC)c2OC)c2c(C)c(C)c(C)[c-]2C)c1OC.[Cl-].[Cl-].[Cl-].[Ti+4]. The van der Waals surface area contributed by atoms with Crippen molar-refractivity contribution in [3.8, 4) is 51.7 Å². The standard InChI is InChI=1S/C42H57O9Si.3ClH.Ti/c1-20-21(2)29(10)39(28(20)9)52(40-33(46-14)25(6)22(3)30(43-11)36(40)49-17,41-34(47-15)26(7)23(4)31(44-12)37(41)50-18)42-35(48-16)27(8)24(5)32(45-13)38(42)51-19;;;;/h1-19H3;3*1H;/q-1;;;;+4/p-3. The van der Waals surface area contributed by atoms with Gasteiger partial charge in [0.15, 0.2) is 42.6 Å². The molecule has 56 heavy (non-hydrogen) atoms. The molecule has 4 aromatic carbocycles. The Hall–Kier alpha value is -2.99. The molecule has 0 radical (unpaired) electrons. The van der Waals surface area contributed by atoms with E-state index < -0.39 is 8.07 Å². The van der Waals surface area contributed by atoms with Crippen LogP contribution in [-0.4, -0.2) is 72.1 Å². The summed E-state index contributed by atoms with van der Waals surface area (Å²) in [6.45, 7) is 20.9. The fourth-order valence-corrected chi connectivity index (χ4v) is 14.9. The van der Waals surface area contributed by atoms with Crippen LogP contribution in [0.25, 0.3) is 0 Å². The molecule has 0 fully saturated rings. The molecule has 0 amide bonds. The molecule has 4 rings (SSSR count). The van der Waals surface area contributed by atoms with Crippen molar-refractivity contribution < 1.29 is 102 Å². The Balaban J connectivity index is 0.00000756. The Morgan fingerprint density at radius 1 is 0.321 bits per heavy atom. The predicted octanol–water partition coefficient (Wildman–Crippen LogP) is -3.05. The van der Waals surface area contributed by atoms with Crippen LogP contribution in [0.1, 0.15) is 55.6 Å². The number of ether oxygens (including phenoxy) is 9. The third-order valence-corrected chi connectivity index (χ3v) is 16.6. The summed E-state index contributed by atoms with van der Waals surface area (Å²) in [6.07, 6.45) is 0. The van der Waals surface area contributed by atoms with Gasteiger partial charge in [-0.2, -0.15) is 27.4 Å². The van der Waals surface area contributed by atoms with Gasteiger partial charge in [-0.3, -0.25) is 0 Å². The van der Waals surface area contributed by atoms with E-state index in [9.17, 15) is 0 Å². The molecule has 9 nitrogen and oxygen atoms in total. The summed E-state index contributed by atoms with van der Waals surface area (Å²) in [5.74, 6) is 5.24. The molecule has 14 heteroatoms. The van der Waals surface area contributed by atoms with Crippen LogP contribution >= 0.6 is 0 Å². The van der Waals surface area contributed by atoms with Crippen LogP contribution in [0.5, 0.6) is 51.7 Å². The van der Waals surface area contributed by atoms with E-state index in [0.29, 0.717) is 51.7 Å². The van der Waals surface area contributed by atoms with E-state index in [-0.39, 0.29) is 58.9 Å². The zero-order valence-corrected chi connectivity index (χ0v) is 41.1. The van der Waals surface area contributed by atoms with Crippen LogP contribution in [0.2, 0.25) is 0 Å². The van der Waals surface area contributed by atoms with Gasteiger partial charge in [-0.25, -0.2) is 0 Å². The Morgan fingerprint density at radius 2 is 0.536 bits per heavy atom. The van der Waals surface area contributed by atoms with Gasteiger partial charge in [0.25, 0.3) is 0 Å². The Kier molecular flexibility index (Phi) is 19.5. The Morgan fingerprint density at radius 3 is 0.714 bits per heavy atom. The van der Waals surface area contributed by atoms with E-state index in [1.165, 1.54) is 11.1 Å². The largest absolute Gasteiger partial charge is 4.00 e. The van der Waals surface area contributed by atoms with Crippen molar-refractivity contribution in [1.82, 2.24) is 0 Å². The van der Waals surface area contributed by atoms with Gasteiger partial charge in [0.1, 0.15) is 17.2 Å². The van der Waals surface area contributed by atoms with Gasteiger partial charge in [0.05, 0.1) is 64.0 Å². The quantitative estimate of drug-likeness (QED) is 0.0792. The van der Waals surface area contributed by atoms with Gasteiger partial charge in [-0.05, 0) is 58.2 Å². The monoisotopic (exact) mass is 886 g/mol. The van der Waals surface area contributed by atoms with Crippen molar-refractivity contribution >= 4 is 28.8 Å². The van der Waals surface area contributed by atoms with Gasteiger partial charge < -0.3 is 79.9 Å². The Labute approximate surface area is 368 Å². The third-order valence-electron chi connectivity index (χ3n) is 11.5. The summed E-state index contributed by atoms with van der Waals surface area (Å²) in [6, 6.07) is 0. The second kappa shape index (κ2) is 20.6. The molecule has 0 N–H and O–H groups in total. The molecule has 0 saturated heterocycles. The van der Waals surface area contributed by atoms with E-state index in [1.807, 2.05) is 41.5 Å². The molecule has 0 atom stereocenters. The van der Waals surface area contributed by atoms with E-state index in [4.69, 9.17) is 42.6 Å². The van der Waals surface area contributed by atoms with E-state index >= 15 is 0 Å². The average molecular weight is 888 g/mol. The first-order valence-electron chi connectivity index (χ1n) is 17.3. The molecule has 0 aliphatic heterocycles. The van der Waals surface area contributed by atoms with Gasteiger partial charge in [-0.1, -0.05) is 27.7 Å². The molecule has 0 saturated carbocycles. The van der Waals surface area contributed by atoms with Crippen molar-refractivity contribution in [2.45, 2.75) is 69.2 Å². The molecule has 308 valence electrons. The van der Waals surface area contributed by atoms with E-state index in [0.717, 1.165) is 65.3 Å². The first-order chi connectivity index (χ1) is 24.6. The second-order valence-electron chi connectivity index (χ2n) is 13.3. The summed E-state index contributed by atoms with van der Waals surface area (Å²) in [7, 11) is 11.0.